The molecule has 4 nitrogen and oxygen atoms in total. The van der Waals surface area contributed by atoms with Gasteiger partial charge < -0.3 is 9.32 Å². The van der Waals surface area contributed by atoms with Crippen LogP contribution in [0.1, 0.15) is 39.3 Å². The largest absolute Gasteiger partial charge is 0.451 e. The number of amides is 1. The second-order valence-electron chi connectivity index (χ2n) is 6.99. The number of ketones is 1. The van der Waals surface area contributed by atoms with Crippen molar-refractivity contribution in [1.82, 2.24) is 4.90 Å². The summed E-state index contributed by atoms with van der Waals surface area (Å²) in [5.74, 6) is -0.232. The lowest BCUT2D eigenvalue weighted by atomic mass is 9.89. The van der Waals surface area contributed by atoms with Crippen molar-refractivity contribution in [2.45, 2.75) is 19.8 Å². The van der Waals surface area contributed by atoms with Crippen LogP contribution in [0.4, 0.5) is 4.39 Å². The van der Waals surface area contributed by atoms with Crippen molar-refractivity contribution in [2.24, 2.45) is 5.92 Å². The normalized spacial score (nSPS) is 15.3. The molecule has 1 amide bonds. The number of hydrogen-bond acceptors (Lipinski definition) is 3. The first kappa shape index (κ1) is 17.5. The van der Waals surface area contributed by atoms with Crippen LogP contribution in [0.5, 0.6) is 0 Å². The molecule has 138 valence electrons. The van der Waals surface area contributed by atoms with Crippen LogP contribution in [0.15, 0.2) is 52.9 Å². The van der Waals surface area contributed by atoms with Gasteiger partial charge in [0.25, 0.3) is 5.91 Å². The highest BCUT2D eigenvalue weighted by molar-refractivity contribution is 6.00. The lowest BCUT2D eigenvalue weighted by Crippen LogP contribution is -2.40. The molecule has 0 spiro atoms. The minimum atomic E-state index is -0.356. The van der Waals surface area contributed by atoms with Gasteiger partial charge in [-0.1, -0.05) is 30.3 Å². The summed E-state index contributed by atoms with van der Waals surface area (Å²) >= 11 is 0. The number of benzene rings is 2. The number of aryl methyl sites for hydroxylation is 1. The van der Waals surface area contributed by atoms with Crippen molar-refractivity contribution < 1.29 is 18.4 Å². The summed E-state index contributed by atoms with van der Waals surface area (Å²) in [6, 6.07) is 13.5. The van der Waals surface area contributed by atoms with Gasteiger partial charge in [-0.05, 0) is 38.0 Å². The maximum absolute atomic E-state index is 13.5. The number of carbonyl (C=O) groups excluding carboxylic acids is 2. The predicted molar refractivity (Wildman–Crippen MR) is 100 cm³/mol. The van der Waals surface area contributed by atoms with Crippen LogP contribution < -0.4 is 0 Å². The second kappa shape index (κ2) is 6.99. The van der Waals surface area contributed by atoms with E-state index >= 15 is 0 Å². The molecule has 0 radical (unpaired) electrons. The summed E-state index contributed by atoms with van der Waals surface area (Å²) in [7, 11) is 0. The van der Waals surface area contributed by atoms with Crippen LogP contribution in [-0.4, -0.2) is 29.7 Å². The molecule has 5 heteroatoms. The highest BCUT2D eigenvalue weighted by atomic mass is 19.1. The summed E-state index contributed by atoms with van der Waals surface area (Å²) in [4.78, 5) is 27.2. The van der Waals surface area contributed by atoms with Crippen LogP contribution in [-0.2, 0) is 0 Å². The van der Waals surface area contributed by atoms with Crippen LogP contribution in [0, 0.1) is 18.7 Å². The third-order valence-electron chi connectivity index (χ3n) is 5.30. The molecule has 1 aliphatic rings. The lowest BCUT2D eigenvalue weighted by molar-refractivity contribution is 0.0625. The number of piperidine rings is 1. The van der Waals surface area contributed by atoms with E-state index in [0.29, 0.717) is 42.5 Å². The van der Waals surface area contributed by atoms with Crippen molar-refractivity contribution in [3.8, 4) is 0 Å². The molecule has 0 saturated carbocycles. The van der Waals surface area contributed by atoms with Crippen molar-refractivity contribution in [1.29, 1.82) is 0 Å². The Morgan fingerprint density at radius 2 is 1.78 bits per heavy atom. The first-order valence-corrected chi connectivity index (χ1v) is 9.12. The Morgan fingerprint density at radius 3 is 2.48 bits per heavy atom. The monoisotopic (exact) mass is 365 g/mol. The van der Waals surface area contributed by atoms with Gasteiger partial charge in [0.15, 0.2) is 11.5 Å². The predicted octanol–water partition coefficient (Wildman–Crippen LogP) is 4.62. The maximum atomic E-state index is 13.5. The van der Waals surface area contributed by atoms with E-state index in [9.17, 15) is 14.0 Å². The van der Waals surface area contributed by atoms with Crippen LogP contribution in [0.2, 0.25) is 0 Å². The van der Waals surface area contributed by atoms with E-state index in [2.05, 4.69) is 0 Å². The average molecular weight is 365 g/mol. The number of Topliss-reactive ketones (excluding diaryl/α,β-unsaturated/α-hetero) is 1. The molecule has 0 atom stereocenters. The molecule has 2 aromatic carbocycles. The minimum absolute atomic E-state index is 0.0673. The second-order valence-corrected chi connectivity index (χ2v) is 6.99. The Bertz CT molecular complexity index is 1000. The topological polar surface area (TPSA) is 50.5 Å². The van der Waals surface area contributed by atoms with Gasteiger partial charge in [0.05, 0.1) is 0 Å². The number of likely N-dealkylation sites (tertiary alicyclic amines) is 1. The van der Waals surface area contributed by atoms with Crippen LogP contribution >= 0.6 is 0 Å². The third-order valence-corrected chi connectivity index (χ3v) is 5.30. The Balaban J connectivity index is 1.48. The number of carbonyl (C=O) groups is 2. The summed E-state index contributed by atoms with van der Waals surface area (Å²) in [6.07, 6.45) is 1.26. The number of nitrogens with zero attached hydrogens (tertiary/aromatic N) is 1. The zero-order valence-corrected chi connectivity index (χ0v) is 15.1. The molecule has 1 aliphatic heterocycles. The molecule has 1 saturated heterocycles. The summed E-state index contributed by atoms with van der Waals surface area (Å²) in [5.41, 5.74) is 1.88. The van der Waals surface area contributed by atoms with Gasteiger partial charge in [0.2, 0.25) is 0 Å². The summed E-state index contributed by atoms with van der Waals surface area (Å²) in [5, 5.41) is 0.618. The van der Waals surface area contributed by atoms with E-state index in [4.69, 9.17) is 4.42 Å². The average Bonchev–Trinajstić information content (AvgIpc) is 3.04. The van der Waals surface area contributed by atoms with E-state index in [1.165, 1.54) is 12.1 Å². The Kier molecular flexibility index (Phi) is 4.52. The molecule has 0 aliphatic carbocycles. The Hall–Kier alpha value is -2.95. The van der Waals surface area contributed by atoms with E-state index in [1.54, 1.807) is 17.9 Å². The molecule has 0 unspecified atom stereocenters. The highest BCUT2D eigenvalue weighted by Crippen LogP contribution is 2.29. The number of rotatable bonds is 3. The molecular formula is C22H20FNO3. The lowest BCUT2D eigenvalue weighted by Gasteiger charge is -2.31. The SMILES string of the molecule is Cc1c(C(=O)N2CCC(C(=O)c3ccccc3)CC2)oc2ccc(F)cc12. The number of furan rings is 1. The van der Waals surface area contributed by atoms with E-state index < -0.39 is 0 Å². The van der Waals surface area contributed by atoms with E-state index in [0.717, 1.165) is 5.56 Å². The summed E-state index contributed by atoms with van der Waals surface area (Å²) < 4.78 is 19.2. The molecule has 0 bridgehead atoms. The first-order chi connectivity index (χ1) is 13.0. The summed E-state index contributed by atoms with van der Waals surface area (Å²) in [6.45, 7) is 2.78. The Morgan fingerprint density at radius 1 is 1.07 bits per heavy atom. The molecular weight excluding hydrogens is 345 g/mol. The maximum Gasteiger partial charge on any atom is 0.289 e. The van der Waals surface area contributed by atoms with Gasteiger partial charge in [-0.25, -0.2) is 4.39 Å². The van der Waals surface area contributed by atoms with Crippen molar-refractivity contribution >= 4 is 22.7 Å². The fraction of sp³-hybridized carbons (Fsp3) is 0.273. The van der Waals surface area contributed by atoms with Crippen molar-refractivity contribution in [2.75, 3.05) is 13.1 Å². The van der Waals surface area contributed by atoms with Gasteiger partial charge in [-0.2, -0.15) is 0 Å². The van der Waals surface area contributed by atoms with Gasteiger partial charge >= 0.3 is 0 Å². The van der Waals surface area contributed by atoms with Gasteiger partial charge in [-0.15, -0.1) is 0 Å². The smallest absolute Gasteiger partial charge is 0.289 e. The van der Waals surface area contributed by atoms with Gasteiger partial charge in [0, 0.05) is 35.5 Å². The number of fused-ring (bicyclic) bond motifs is 1. The molecule has 27 heavy (non-hydrogen) atoms. The highest BCUT2D eigenvalue weighted by Gasteiger charge is 2.30. The fourth-order valence-corrected chi connectivity index (χ4v) is 3.72. The zero-order valence-electron chi connectivity index (χ0n) is 15.1. The van der Waals surface area contributed by atoms with E-state index in [1.807, 2.05) is 30.3 Å². The first-order valence-electron chi connectivity index (χ1n) is 9.12. The Labute approximate surface area is 156 Å². The zero-order chi connectivity index (χ0) is 19.0. The quantitative estimate of drug-likeness (QED) is 0.637. The minimum Gasteiger partial charge on any atom is -0.451 e. The number of hydrogen-bond donors (Lipinski definition) is 0. The molecule has 1 aromatic heterocycles. The van der Waals surface area contributed by atoms with Crippen LogP contribution in [0.25, 0.3) is 11.0 Å². The molecule has 0 N–H and O–H groups in total. The molecule has 4 rings (SSSR count). The molecule has 1 fully saturated rings. The molecule has 3 aromatic rings. The standard InChI is InChI=1S/C22H20FNO3/c1-14-18-13-17(23)7-8-19(18)27-21(14)22(26)24-11-9-16(10-12-24)20(25)15-5-3-2-4-6-15/h2-8,13,16H,9-12H2,1H3. The van der Waals surface area contributed by atoms with Gasteiger partial charge in [0.1, 0.15) is 11.4 Å². The van der Waals surface area contributed by atoms with Gasteiger partial charge in [-0.3, -0.25) is 9.59 Å². The molecule has 2 heterocycles. The van der Waals surface area contributed by atoms with E-state index in [-0.39, 0.29) is 29.2 Å². The van der Waals surface area contributed by atoms with Crippen molar-refractivity contribution in [3.63, 3.8) is 0 Å². The van der Waals surface area contributed by atoms with Crippen LogP contribution in [0.3, 0.4) is 0 Å². The fourth-order valence-electron chi connectivity index (χ4n) is 3.72. The number of halogens is 1. The van der Waals surface area contributed by atoms with Crippen molar-refractivity contribution in [3.05, 3.63) is 71.2 Å². The third kappa shape index (κ3) is 3.25.